The van der Waals surface area contributed by atoms with Crippen LogP contribution in [0.15, 0.2) is 35.3 Å². The molecule has 0 aliphatic heterocycles. The van der Waals surface area contributed by atoms with Crippen molar-refractivity contribution in [3.8, 4) is 0 Å². The molecule has 0 aromatic heterocycles. The molecule has 0 saturated heterocycles. The lowest BCUT2D eigenvalue weighted by atomic mass is 10.1. The molecule has 1 N–H and O–H groups in total. The third kappa shape index (κ3) is 2.53. The molecule has 0 aromatic rings. The zero-order chi connectivity index (χ0) is 9.72. The van der Waals surface area contributed by atoms with E-state index in [0.717, 1.165) is 5.57 Å². The molecular weight excluding hydrogens is 153 g/mol. The van der Waals surface area contributed by atoms with Crippen molar-refractivity contribution < 1.29 is 4.39 Å². The fraction of sp³-hybridized carbons (Fsp3) is 0.400. The minimum absolute atomic E-state index is 0.227. The number of allylic oxidation sites excluding steroid dienone is 3. The van der Waals surface area contributed by atoms with Gasteiger partial charge in [-0.25, -0.2) is 4.39 Å². The second-order valence-electron chi connectivity index (χ2n) is 2.74. The molecule has 0 rings (SSSR count). The Morgan fingerprint density at radius 3 is 2.17 bits per heavy atom. The van der Waals surface area contributed by atoms with Crippen LogP contribution in [0, 0.1) is 0 Å². The molecule has 1 nitrogen and oxygen atoms in total. The Morgan fingerprint density at radius 1 is 1.42 bits per heavy atom. The Hall–Kier alpha value is -1.05. The fourth-order valence-corrected chi connectivity index (χ4v) is 0.954. The number of likely N-dealkylation sites (N-methyl/N-ethyl adjacent to an activating group) is 1. The smallest absolute Gasteiger partial charge is 0.128 e. The Morgan fingerprint density at radius 2 is 1.92 bits per heavy atom. The van der Waals surface area contributed by atoms with Crippen LogP contribution in [-0.4, -0.2) is 7.05 Å². The van der Waals surface area contributed by atoms with E-state index in [2.05, 4.69) is 11.9 Å². The Balaban J connectivity index is 4.96. The number of halogens is 1. The maximum absolute atomic E-state index is 13.2. The lowest BCUT2D eigenvalue weighted by molar-refractivity contribution is 0.645. The average molecular weight is 169 g/mol. The molecule has 0 heterocycles. The summed E-state index contributed by atoms with van der Waals surface area (Å²) < 4.78 is 13.2. The van der Waals surface area contributed by atoms with E-state index >= 15 is 0 Å². The second kappa shape index (κ2) is 4.75. The first-order chi connectivity index (χ1) is 5.54. The van der Waals surface area contributed by atoms with Gasteiger partial charge in [0.1, 0.15) is 5.83 Å². The molecule has 0 aromatic carbocycles. The summed E-state index contributed by atoms with van der Waals surface area (Å²) in [6, 6.07) is 0. The predicted molar refractivity (Wildman–Crippen MR) is 51.4 cm³/mol. The van der Waals surface area contributed by atoms with Crippen molar-refractivity contribution in [1.29, 1.82) is 0 Å². The highest BCUT2D eigenvalue weighted by Crippen LogP contribution is 2.20. The quantitative estimate of drug-likeness (QED) is 0.640. The summed E-state index contributed by atoms with van der Waals surface area (Å²) in [5.74, 6) is -0.227. The summed E-state index contributed by atoms with van der Waals surface area (Å²) in [5.41, 5.74) is 2.11. The number of hydrogen-bond donors (Lipinski definition) is 1. The molecule has 0 aliphatic carbocycles. The molecule has 0 amide bonds. The Bertz CT molecular complexity index is 232. The Kier molecular flexibility index (Phi) is 4.34. The third-order valence-electron chi connectivity index (χ3n) is 1.60. The van der Waals surface area contributed by atoms with Gasteiger partial charge < -0.3 is 5.32 Å². The molecular formula is C10H16FN. The fourth-order valence-electron chi connectivity index (χ4n) is 0.954. The first-order valence-corrected chi connectivity index (χ1v) is 3.91. The minimum Gasteiger partial charge on any atom is -0.388 e. The van der Waals surface area contributed by atoms with Gasteiger partial charge in [0.05, 0.1) is 0 Å². The van der Waals surface area contributed by atoms with E-state index in [9.17, 15) is 4.39 Å². The zero-order valence-electron chi connectivity index (χ0n) is 8.16. The van der Waals surface area contributed by atoms with Crippen molar-refractivity contribution in [1.82, 2.24) is 5.32 Å². The summed E-state index contributed by atoms with van der Waals surface area (Å²) in [7, 11) is 1.73. The summed E-state index contributed by atoms with van der Waals surface area (Å²) in [4.78, 5) is 0. The first kappa shape index (κ1) is 11.0. The van der Waals surface area contributed by atoms with E-state index in [1.165, 1.54) is 6.08 Å². The molecule has 0 fully saturated rings. The highest BCUT2D eigenvalue weighted by Gasteiger charge is 2.07. The van der Waals surface area contributed by atoms with E-state index < -0.39 is 0 Å². The van der Waals surface area contributed by atoms with E-state index in [1.807, 2.05) is 13.8 Å². The van der Waals surface area contributed by atoms with E-state index in [1.54, 1.807) is 14.0 Å². The summed E-state index contributed by atoms with van der Waals surface area (Å²) >= 11 is 0. The lowest BCUT2D eigenvalue weighted by Gasteiger charge is -2.10. The van der Waals surface area contributed by atoms with Crippen molar-refractivity contribution in [2.24, 2.45) is 0 Å². The number of rotatable bonds is 3. The molecule has 2 heteroatoms. The van der Waals surface area contributed by atoms with Crippen molar-refractivity contribution in [3.05, 3.63) is 35.3 Å². The molecule has 0 saturated carbocycles. The molecule has 0 unspecified atom stereocenters. The van der Waals surface area contributed by atoms with Gasteiger partial charge in [-0.15, -0.1) is 0 Å². The van der Waals surface area contributed by atoms with Gasteiger partial charge in [0.25, 0.3) is 0 Å². The van der Waals surface area contributed by atoms with Crippen LogP contribution in [0.25, 0.3) is 0 Å². The molecule has 68 valence electrons. The van der Waals surface area contributed by atoms with Crippen molar-refractivity contribution in [2.75, 3.05) is 7.05 Å². The zero-order valence-corrected chi connectivity index (χ0v) is 8.16. The minimum atomic E-state index is -0.227. The van der Waals surface area contributed by atoms with Crippen molar-refractivity contribution in [2.45, 2.75) is 20.8 Å². The lowest BCUT2D eigenvalue weighted by Crippen LogP contribution is -2.08. The molecule has 0 atom stereocenters. The molecule has 0 aliphatic rings. The topological polar surface area (TPSA) is 12.0 Å². The summed E-state index contributed by atoms with van der Waals surface area (Å²) in [5, 5.41) is 2.83. The van der Waals surface area contributed by atoms with Crippen molar-refractivity contribution in [3.63, 3.8) is 0 Å². The second-order valence-corrected chi connectivity index (χ2v) is 2.74. The van der Waals surface area contributed by atoms with Gasteiger partial charge in [-0.3, -0.25) is 0 Å². The van der Waals surface area contributed by atoms with Gasteiger partial charge in [-0.1, -0.05) is 18.2 Å². The van der Waals surface area contributed by atoms with Crippen LogP contribution in [0.5, 0.6) is 0 Å². The summed E-state index contributed by atoms with van der Waals surface area (Å²) in [6.45, 7) is 9.11. The summed E-state index contributed by atoms with van der Waals surface area (Å²) in [6.07, 6.45) is 1.44. The maximum atomic E-state index is 13.2. The van der Waals surface area contributed by atoms with Gasteiger partial charge in [-0.05, 0) is 20.8 Å². The standard InChI is InChI=1S/C10H16FN/c1-6-9(11)10(7(2)3)8(4)12-5/h6,12H,4H2,1-3,5H3/b9-6+. The highest BCUT2D eigenvalue weighted by atomic mass is 19.1. The highest BCUT2D eigenvalue weighted by molar-refractivity contribution is 5.43. The van der Waals surface area contributed by atoms with Crippen LogP contribution in [0.2, 0.25) is 0 Å². The van der Waals surface area contributed by atoms with Crippen molar-refractivity contribution >= 4 is 0 Å². The number of hydrogen-bond acceptors (Lipinski definition) is 1. The van der Waals surface area contributed by atoms with Gasteiger partial charge in [0.15, 0.2) is 0 Å². The Labute approximate surface area is 73.7 Å². The van der Waals surface area contributed by atoms with Gasteiger partial charge in [0.2, 0.25) is 0 Å². The van der Waals surface area contributed by atoms with E-state index in [-0.39, 0.29) is 5.83 Å². The van der Waals surface area contributed by atoms with E-state index in [4.69, 9.17) is 0 Å². The average Bonchev–Trinajstić information content (AvgIpc) is 2.03. The predicted octanol–water partition coefficient (Wildman–Crippen LogP) is 2.93. The van der Waals surface area contributed by atoms with Gasteiger partial charge in [0, 0.05) is 18.3 Å². The molecule has 0 radical (unpaired) electrons. The van der Waals surface area contributed by atoms with Crippen LogP contribution in [0.1, 0.15) is 20.8 Å². The maximum Gasteiger partial charge on any atom is 0.128 e. The largest absolute Gasteiger partial charge is 0.388 e. The molecule has 12 heavy (non-hydrogen) atoms. The van der Waals surface area contributed by atoms with Crippen LogP contribution in [0.4, 0.5) is 4.39 Å². The monoisotopic (exact) mass is 169 g/mol. The van der Waals surface area contributed by atoms with Crippen LogP contribution >= 0.6 is 0 Å². The van der Waals surface area contributed by atoms with E-state index in [0.29, 0.717) is 11.3 Å². The third-order valence-corrected chi connectivity index (χ3v) is 1.60. The SMILES string of the molecule is C=C(NC)C(=C(C)C)/C(F)=C\C. The first-order valence-electron chi connectivity index (χ1n) is 3.91. The van der Waals surface area contributed by atoms with Gasteiger partial charge >= 0.3 is 0 Å². The molecule has 0 spiro atoms. The van der Waals surface area contributed by atoms with Crippen LogP contribution < -0.4 is 5.32 Å². The number of nitrogens with one attached hydrogen (secondary N) is 1. The normalized spacial score (nSPS) is 10.9. The van der Waals surface area contributed by atoms with Crippen LogP contribution in [-0.2, 0) is 0 Å². The van der Waals surface area contributed by atoms with Crippen LogP contribution in [0.3, 0.4) is 0 Å². The van der Waals surface area contributed by atoms with Gasteiger partial charge in [-0.2, -0.15) is 0 Å². The molecule has 0 bridgehead atoms.